The van der Waals surface area contributed by atoms with Crippen LogP contribution >= 0.6 is 11.3 Å². The van der Waals surface area contributed by atoms with Crippen LogP contribution in [0.5, 0.6) is 11.5 Å². The van der Waals surface area contributed by atoms with Crippen molar-refractivity contribution < 1.29 is 14.0 Å². The Morgan fingerprint density at radius 3 is 2.71 bits per heavy atom. The molecule has 0 fully saturated rings. The summed E-state index contributed by atoms with van der Waals surface area (Å²) in [4.78, 5) is 16.1. The fourth-order valence-electron chi connectivity index (χ4n) is 2.33. The Kier molecular flexibility index (Phi) is 4.66. The van der Waals surface area contributed by atoms with E-state index in [2.05, 4.69) is 10.1 Å². The van der Waals surface area contributed by atoms with E-state index >= 15 is 0 Å². The second-order valence-electron chi connectivity index (χ2n) is 5.13. The maximum Gasteiger partial charge on any atom is 0.307 e. The maximum atomic E-state index is 11.7. The van der Waals surface area contributed by atoms with Crippen LogP contribution < -0.4 is 14.3 Å². The summed E-state index contributed by atoms with van der Waals surface area (Å²) in [5.74, 6) is 2.19. The summed E-state index contributed by atoms with van der Waals surface area (Å²) in [6.45, 7) is 2.42. The minimum atomic E-state index is 0.0205. The van der Waals surface area contributed by atoms with E-state index in [1.165, 1.54) is 11.3 Å². The molecule has 0 saturated heterocycles. The molecule has 2 aromatic heterocycles. The first kappa shape index (κ1) is 16.3. The smallest absolute Gasteiger partial charge is 0.307 e. The van der Waals surface area contributed by atoms with Crippen LogP contribution in [0.1, 0.15) is 11.6 Å². The number of ether oxygens (including phenoxy) is 2. The van der Waals surface area contributed by atoms with E-state index in [1.54, 1.807) is 30.9 Å². The van der Waals surface area contributed by atoms with Crippen LogP contribution in [0, 0.1) is 6.92 Å². The lowest BCUT2D eigenvalue weighted by Crippen LogP contribution is -2.16. The number of rotatable bonds is 6. The number of hydrogen-bond donors (Lipinski definition) is 0. The average molecular weight is 347 g/mol. The highest BCUT2D eigenvalue weighted by Gasteiger charge is 2.13. The molecule has 0 aliphatic heterocycles. The lowest BCUT2D eigenvalue weighted by atomic mass is 10.2. The Hall–Kier alpha value is -2.61. The molecule has 7 nitrogen and oxygen atoms in total. The number of nitrogens with zero attached hydrogens (tertiary/aromatic N) is 3. The van der Waals surface area contributed by atoms with Gasteiger partial charge < -0.3 is 18.6 Å². The first-order valence-electron chi connectivity index (χ1n) is 7.32. The highest BCUT2D eigenvalue weighted by atomic mass is 32.1. The van der Waals surface area contributed by atoms with E-state index < -0.39 is 0 Å². The Morgan fingerprint density at radius 1 is 1.25 bits per heavy atom. The van der Waals surface area contributed by atoms with Crippen LogP contribution in [0.15, 0.2) is 32.9 Å². The van der Waals surface area contributed by atoms with Crippen LogP contribution in [-0.4, -0.2) is 28.9 Å². The van der Waals surface area contributed by atoms with Crippen molar-refractivity contribution in [1.82, 2.24) is 14.7 Å². The lowest BCUT2D eigenvalue weighted by molar-refractivity contribution is 0.355. The van der Waals surface area contributed by atoms with Crippen LogP contribution in [0.25, 0.3) is 11.4 Å². The zero-order valence-electron chi connectivity index (χ0n) is 13.6. The van der Waals surface area contributed by atoms with Gasteiger partial charge in [0.15, 0.2) is 11.5 Å². The fourth-order valence-corrected chi connectivity index (χ4v) is 3.09. The third-order valence-electron chi connectivity index (χ3n) is 3.64. The standard InChI is InChI=1S/C16H17N3O4S/c1-10-9-24-16(20)19(10)7-6-14-17-15(18-23-14)11-4-5-12(21-2)13(8-11)22-3/h4-5,8-9H,6-7H2,1-3H3. The van der Waals surface area contributed by atoms with Gasteiger partial charge in [0.05, 0.1) is 14.2 Å². The Balaban J connectivity index is 1.77. The Morgan fingerprint density at radius 2 is 2.04 bits per heavy atom. The molecular formula is C16H17N3O4S. The van der Waals surface area contributed by atoms with Crippen LogP contribution in [0.3, 0.4) is 0 Å². The van der Waals surface area contributed by atoms with E-state index in [4.69, 9.17) is 14.0 Å². The minimum Gasteiger partial charge on any atom is -0.493 e. The van der Waals surface area contributed by atoms with Crippen molar-refractivity contribution in [2.75, 3.05) is 14.2 Å². The third kappa shape index (κ3) is 3.18. The van der Waals surface area contributed by atoms with Crippen LogP contribution in [0.2, 0.25) is 0 Å². The molecule has 3 aromatic rings. The van der Waals surface area contributed by atoms with Gasteiger partial charge in [-0.25, -0.2) is 0 Å². The zero-order chi connectivity index (χ0) is 17.1. The van der Waals surface area contributed by atoms with E-state index in [0.717, 1.165) is 11.3 Å². The summed E-state index contributed by atoms with van der Waals surface area (Å²) in [6, 6.07) is 5.42. The van der Waals surface area contributed by atoms with Gasteiger partial charge in [0.1, 0.15) is 0 Å². The number of thiazole rings is 1. The predicted octanol–water partition coefficient (Wildman–Crippen LogP) is 2.53. The quantitative estimate of drug-likeness (QED) is 0.682. The molecule has 8 heteroatoms. The molecule has 0 unspecified atom stereocenters. The molecule has 0 spiro atoms. The largest absolute Gasteiger partial charge is 0.493 e. The second-order valence-corrected chi connectivity index (χ2v) is 5.95. The molecule has 0 amide bonds. The molecule has 0 radical (unpaired) electrons. The van der Waals surface area contributed by atoms with Crippen LogP contribution in [-0.2, 0) is 13.0 Å². The molecule has 126 valence electrons. The Bertz CT molecular complexity index is 897. The molecule has 0 bridgehead atoms. The highest BCUT2D eigenvalue weighted by molar-refractivity contribution is 7.07. The first-order chi connectivity index (χ1) is 11.6. The van der Waals surface area contributed by atoms with Crippen molar-refractivity contribution in [2.24, 2.45) is 0 Å². The minimum absolute atomic E-state index is 0.0205. The molecule has 0 atom stereocenters. The van der Waals surface area contributed by atoms with E-state index in [9.17, 15) is 4.79 Å². The number of aryl methyl sites for hydroxylation is 2. The van der Waals surface area contributed by atoms with Gasteiger partial charge in [-0.3, -0.25) is 4.79 Å². The topological polar surface area (TPSA) is 79.4 Å². The zero-order valence-corrected chi connectivity index (χ0v) is 14.4. The summed E-state index contributed by atoms with van der Waals surface area (Å²) in [5, 5.41) is 5.83. The van der Waals surface area contributed by atoms with Crippen molar-refractivity contribution in [1.29, 1.82) is 0 Å². The molecule has 0 aliphatic carbocycles. The lowest BCUT2D eigenvalue weighted by Gasteiger charge is -2.07. The molecule has 0 N–H and O–H groups in total. The molecule has 24 heavy (non-hydrogen) atoms. The summed E-state index contributed by atoms with van der Waals surface area (Å²) < 4.78 is 17.5. The first-order valence-corrected chi connectivity index (χ1v) is 8.20. The van der Waals surface area contributed by atoms with Gasteiger partial charge in [-0.1, -0.05) is 16.5 Å². The number of benzene rings is 1. The van der Waals surface area contributed by atoms with Gasteiger partial charge in [0, 0.05) is 29.6 Å². The normalized spacial score (nSPS) is 10.8. The van der Waals surface area contributed by atoms with E-state index in [0.29, 0.717) is 36.2 Å². The van der Waals surface area contributed by atoms with E-state index in [1.807, 2.05) is 18.4 Å². The molecule has 1 aromatic carbocycles. The summed E-state index contributed by atoms with van der Waals surface area (Å²) in [5.41, 5.74) is 1.70. The molecule has 2 heterocycles. The number of hydrogen-bond acceptors (Lipinski definition) is 7. The van der Waals surface area contributed by atoms with Gasteiger partial charge >= 0.3 is 4.87 Å². The predicted molar refractivity (Wildman–Crippen MR) is 89.9 cm³/mol. The van der Waals surface area contributed by atoms with Gasteiger partial charge in [0.2, 0.25) is 11.7 Å². The van der Waals surface area contributed by atoms with Gasteiger partial charge in [-0.15, -0.1) is 0 Å². The summed E-state index contributed by atoms with van der Waals surface area (Å²) >= 11 is 1.19. The molecule has 0 saturated carbocycles. The Labute approximate surface area is 142 Å². The van der Waals surface area contributed by atoms with Crippen molar-refractivity contribution in [2.45, 2.75) is 19.9 Å². The molecular weight excluding hydrogens is 330 g/mol. The highest BCUT2D eigenvalue weighted by Crippen LogP contribution is 2.31. The van der Waals surface area contributed by atoms with Gasteiger partial charge in [-0.05, 0) is 25.1 Å². The molecule has 0 aliphatic rings. The molecule has 3 rings (SSSR count). The fraction of sp³-hybridized carbons (Fsp3) is 0.312. The second kappa shape index (κ2) is 6.88. The van der Waals surface area contributed by atoms with Crippen LogP contribution in [0.4, 0.5) is 0 Å². The number of aromatic nitrogens is 3. The maximum absolute atomic E-state index is 11.7. The number of methoxy groups -OCH3 is 2. The monoisotopic (exact) mass is 347 g/mol. The SMILES string of the molecule is COc1ccc(-c2noc(CCn3c(C)csc3=O)n2)cc1OC. The summed E-state index contributed by atoms with van der Waals surface area (Å²) in [7, 11) is 3.16. The van der Waals surface area contributed by atoms with Crippen molar-refractivity contribution in [3.8, 4) is 22.9 Å². The van der Waals surface area contributed by atoms with Crippen molar-refractivity contribution >= 4 is 11.3 Å². The van der Waals surface area contributed by atoms with Crippen molar-refractivity contribution in [3.05, 3.63) is 44.8 Å². The summed E-state index contributed by atoms with van der Waals surface area (Å²) in [6.07, 6.45) is 0.498. The van der Waals surface area contributed by atoms with Gasteiger partial charge in [0.25, 0.3) is 0 Å². The van der Waals surface area contributed by atoms with E-state index in [-0.39, 0.29) is 4.87 Å². The third-order valence-corrected chi connectivity index (χ3v) is 4.52. The van der Waals surface area contributed by atoms with Crippen molar-refractivity contribution in [3.63, 3.8) is 0 Å². The average Bonchev–Trinajstić information content (AvgIpc) is 3.19. The van der Waals surface area contributed by atoms with Gasteiger partial charge in [-0.2, -0.15) is 4.98 Å².